The summed E-state index contributed by atoms with van der Waals surface area (Å²) < 4.78 is 13.0. The third-order valence-corrected chi connectivity index (χ3v) is 4.28. The van der Waals surface area contributed by atoms with Crippen LogP contribution in [-0.2, 0) is 0 Å². The number of benzene rings is 3. The maximum absolute atomic E-state index is 13.0. The monoisotopic (exact) mass is 369 g/mol. The van der Waals surface area contributed by atoms with Crippen molar-refractivity contribution in [2.45, 2.75) is 0 Å². The molecule has 0 aliphatic rings. The van der Waals surface area contributed by atoms with E-state index in [1.54, 1.807) is 18.2 Å². The van der Waals surface area contributed by atoms with Gasteiger partial charge in [-0.3, -0.25) is 4.79 Å². The number of carbonyl (C=O) groups is 1. The Morgan fingerprint density at radius 1 is 0.929 bits per heavy atom. The van der Waals surface area contributed by atoms with E-state index in [1.165, 1.54) is 18.3 Å². The second-order valence-electron chi connectivity index (χ2n) is 6.19. The molecule has 0 spiro atoms. The van der Waals surface area contributed by atoms with Crippen LogP contribution in [0.5, 0.6) is 0 Å². The van der Waals surface area contributed by atoms with Crippen LogP contribution in [0, 0.1) is 5.82 Å². The number of pyridine rings is 1. The van der Waals surface area contributed by atoms with Crippen LogP contribution in [0.2, 0.25) is 0 Å². The van der Waals surface area contributed by atoms with Gasteiger partial charge in [0.15, 0.2) is 0 Å². The Morgan fingerprint density at radius 2 is 1.64 bits per heavy atom. The zero-order valence-corrected chi connectivity index (χ0v) is 14.8. The lowest BCUT2D eigenvalue weighted by atomic mass is 10.0. The molecule has 0 fully saturated rings. The van der Waals surface area contributed by atoms with Gasteiger partial charge in [0, 0.05) is 10.9 Å². The summed E-state index contributed by atoms with van der Waals surface area (Å²) in [5.41, 5.74) is 6.09. The van der Waals surface area contributed by atoms with E-state index in [1.807, 2.05) is 54.6 Å². The van der Waals surface area contributed by atoms with Crippen molar-refractivity contribution in [3.8, 4) is 11.3 Å². The molecule has 4 rings (SSSR count). The summed E-state index contributed by atoms with van der Waals surface area (Å²) >= 11 is 0. The van der Waals surface area contributed by atoms with Gasteiger partial charge in [0.2, 0.25) is 0 Å². The number of nitrogens with zero attached hydrogens (tertiary/aromatic N) is 2. The smallest absolute Gasteiger partial charge is 0.267 e. The SMILES string of the molecule is O=C(NN=Cc1ccc(F)cc1)c1cc(-c2ccccc2)nc2ccccc12. The van der Waals surface area contributed by atoms with Crippen LogP contribution < -0.4 is 5.43 Å². The second-order valence-corrected chi connectivity index (χ2v) is 6.19. The lowest BCUT2D eigenvalue weighted by molar-refractivity contribution is 0.0956. The summed E-state index contributed by atoms with van der Waals surface area (Å²) in [7, 11) is 0. The molecular weight excluding hydrogens is 353 g/mol. The van der Waals surface area contributed by atoms with E-state index in [-0.39, 0.29) is 11.7 Å². The quantitative estimate of drug-likeness (QED) is 0.415. The van der Waals surface area contributed by atoms with E-state index >= 15 is 0 Å². The van der Waals surface area contributed by atoms with Gasteiger partial charge in [0.05, 0.1) is 23.0 Å². The first-order chi connectivity index (χ1) is 13.7. The number of fused-ring (bicyclic) bond motifs is 1. The molecule has 0 atom stereocenters. The molecule has 0 saturated heterocycles. The molecule has 0 radical (unpaired) electrons. The summed E-state index contributed by atoms with van der Waals surface area (Å²) in [5, 5.41) is 4.74. The van der Waals surface area contributed by atoms with Gasteiger partial charge in [-0.1, -0.05) is 60.7 Å². The Bertz CT molecular complexity index is 1160. The summed E-state index contributed by atoms with van der Waals surface area (Å²) in [6, 6.07) is 24.8. The van der Waals surface area contributed by atoms with Gasteiger partial charge >= 0.3 is 0 Å². The Balaban J connectivity index is 1.66. The number of carbonyl (C=O) groups excluding carboxylic acids is 1. The average molecular weight is 369 g/mol. The minimum absolute atomic E-state index is 0.321. The molecule has 0 aliphatic carbocycles. The molecular formula is C23H16FN3O. The first-order valence-corrected chi connectivity index (χ1v) is 8.75. The second kappa shape index (κ2) is 7.80. The molecule has 0 saturated carbocycles. The van der Waals surface area contributed by atoms with E-state index < -0.39 is 0 Å². The van der Waals surface area contributed by atoms with Gasteiger partial charge in [0.25, 0.3) is 5.91 Å². The standard InChI is InChI=1S/C23H16FN3O/c24-18-12-10-16(11-13-18)15-25-27-23(28)20-14-22(17-6-2-1-3-7-17)26-21-9-5-4-8-19(20)21/h1-15H,(H,27,28). The number of nitrogens with one attached hydrogen (secondary N) is 1. The molecule has 4 aromatic rings. The minimum Gasteiger partial charge on any atom is -0.267 e. The molecule has 1 heterocycles. The van der Waals surface area contributed by atoms with Crippen molar-refractivity contribution < 1.29 is 9.18 Å². The van der Waals surface area contributed by atoms with Crippen LogP contribution in [-0.4, -0.2) is 17.1 Å². The van der Waals surface area contributed by atoms with Crippen LogP contribution in [0.4, 0.5) is 4.39 Å². The molecule has 136 valence electrons. The van der Waals surface area contributed by atoms with E-state index in [0.717, 1.165) is 16.5 Å². The highest BCUT2D eigenvalue weighted by molar-refractivity contribution is 6.07. The van der Waals surface area contributed by atoms with Gasteiger partial charge < -0.3 is 0 Å². The first kappa shape index (κ1) is 17.5. The van der Waals surface area contributed by atoms with Crippen LogP contribution in [0.25, 0.3) is 22.2 Å². The molecule has 1 aromatic heterocycles. The molecule has 1 N–H and O–H groups in total. The fourth-order valence-corrected chi connectivity index (χ4v) is 2.89. The minimum atomic E-state index is -0.339. The van der Waals surface area contributed by atoms with Gasteiger partial charge in [-0.2, -0.15) is 5.10 Å². The Kier molecular flexibility index (Phi) is 4.89. The number of hydrogen-bond donors (Lipinski definition) is 1. The number of hydrazone groups is 1. The number of halogens is 1. The highest BCUT2D eigenvalue weighted by Crippen LogP contribution is 2.24. The third-order valence-electron chi connectivity index (χ3n) is 4.28. The third kappa shape index (κ3) is 3.78. The molecule has 0 bridgehead atoms. The molecule has 28 heavy (non-hydrogen) atoms. The molecule has 0 unspecified atom stereocenters. The van der Waals surface area contributed by atoms with Crippen molar-refractivity contribution in [2.75, 3.05) is 0 Å². The van der Waals surface area contributed by atoms with E-state index in [2.05, 4.69) is 15.5 Å². The fraction of sp³-hybridized carbons (Fsp3) is 0. The summed E-state index contributed by atoms with van der Waals surface area (Å²) in [4.78, 5) is 17.4. The topological polar surface area (TPSA) is 54.4 Å². The number of hydrogen-bond acceptors (Lipinski definition) is 3. The average Bonchev–Trinajstić information content (AvgIpc) is 2.75. The summed E-state index contributed by atoms with van der Waals surface area (Å²) in [5.74, 6) is -0.660. The largest absolute Gasteiger partial charge is 0.272 e. The normalized spacial score (nSPS) is 11.0. The molecule has 5 heteroatoms. The molecule has 3 aromatic carbocycles. The Labute approximate surface area is 161 Å². The summed E-state index contributed by atoms with van der Waals surface area (Å²) in [6.07, 6.45) is 1.47. The van der Waals surface area contributed by atoms with Crippen molar-refractivity contribution in [1.82, 2.24) is 10.4 Å². The maximum atomic E-state index is 13.0. The van der Waals surface area contributed by atoms with Crippen molar-refractivity contribution >= 4 is 23.0 Å². The predicted octanol–water partition coefficient (Wildman–Crippen LogP) is 4.80. The van der Waals surface area contributed by atoms with Crippen LogP contribution >= 0.6 is 0 Å². The van der Waals surface area contributed by atoms with Gasteiger partial charge in [-0.05, 0) is 29.8 Å². The summed E-state index contributed by atoms with van der Waals surface area (Å²) in [6.45, 7) is 0. The predicted molar refractivity (Wildman–Crippen MR) is 109 cm³/mol. The molecule has 4 nitrogen and oxygen atoms in total. The van der Waals surface area contributed by atoms with E-state index in [4.69, 9.17) is 0 Å². The van der Waals surface area contributed by atoms with Crippen molar-refractivity contribution in [1.29, 1.82) is 0 Å². The maximum Gasteiger partial charge on any atom is 0.272 e. The zero-order valence-electron chi connectivity index (χ0n) is 14.8. The lowest BCUT2D eigenvalue weighted by Crippen LogP contribution is -2.18. The Hall–Kier alpha value is -3.86. The van der Waals surface area contributed by atoms with Crippen molar-refractivity contribution in [3.05, 3.63) is 102 Å². The highest BCUT2D eigenvalue weighted by Gasteiger charge is 2.13. The van der Waals surface area contributed by atoms with Gasteiger partial charge in [0.1, 0.15) is 5.82 Å². The van der Waals surface area contributed by atoms with Gasteiger partial charge in [-0.15, -0.1) is 0 Å². The van der Waals surface area contributed by atoms with Gasteiger partial charge in [-0.25, -0.2) is 14.8 Å². The Morgan fingerprint density at radius 3 is 2.43 bits per heavy atom. The zero-order chi connectivity index (χ0) is 19.3. The van der Waals surface area contributed by atoms with Crippen LogP contribution in [0.15, 0.2) is 90.0 Å². The van der Waals surface area contributed by atoms with Crippen molar-refractivity contribution in [3.63, 3.8) is 0 Å². The van der Waals surface area contributed by atoms with E-state index in [9.17, 15) is 9.18 Å². The van der Waals surface area contributed by atoms with Crippen molar-refractivity contribution in [2.24, 2.45) is 5.10 Å². The molecule has 1 amide bonds. The number of para-hydroxylation sites is 1. The van der Waals surface area contributed by atoms with Crippen LogP contribution in [0.1, 0.15) is 15.9 Å². The first-order valence-electron chi connectivity index (χ1n) is 8.75. The van der Waals surface area contributed by atoms with Crippen LogP contribution in [0.3, 0.4) is 0 Å². The number of aromatic nitrogens is 1. The number of rotatable bonds is 4. The lowest BCUT2D eigenvalue weighted by Gasteiger charge is -2.09. The molecule has 0 aliphatic heterocycles. The highest BCUT2D eigenvalue weighted by atomic mass is 19.1. The van der Waals surface area contributed by atoms with E-state index in [0.29, 0.717) is 16.8 Å². The number of amides is 1. The fourth-order valence-electron chi connectivity index (χ4n) is 2.89.